The summed E-state index contributed by atoms with van der Waals surface area (Å²) in [5.41, 5.74) is 18.4. The second-order valence-corrected chi connectivity index (χ2v) is 17.9. The van der Waals surface area contributed by atoms with Gasteiger partial charge >= 0.3 is 0 Å². The summed E-state index contributed by atoms with van der Waals surface area (Å²) < 4.78 is 6.25. The van der Waals surface area contributed by atoms with Crippen LogP contribution in [-0.2, 0) is 5.41 Å². The summed E-state index contributed by atoms with van der Waals surface area (Å²) in [6.07, 6.45) is 20.2. The van der Waals surface area contributed by atoms with Gasteiger partial charge in [0.1, 0.15) is 11.2 Å². The first-order valence-electron chi connectivity index (χ1n) is 23.1. The van der Waals surface area contributed by atoms with Crippen LogP contribution in [0.2, 0.25) is 0 Å². The van der Waals surface area contributed by atoms with Gasteiger partial charge in [-0.1, -0.05) is 212 Å². The Hall–Kier alpha value is -8.47. The first kappa shape index (κ1) is 38.9. The van der Waals surface area contributed by atoms with E-state index in [1.165, 1.54) is 50.1 Å². The monoisotopic (exact) mass is 857 g/mol. The average Bonchev–Trinajstić information content (AvgIpc) is 4.02. The van der Waals surface area contributed by atoms with Crippen LogP contribution in [0.5, 0.6) is 0 Å². The van der Waals surface area contributed by atoms with E-state index in [9.17, 15) is 0 Å². The van der Waals surface area contributed by atoms with Crippen molar-refractivity contribution in [1.82, 2.24) is 15.0 Å². The number of hydrogen-bond donors (Lipinski definition) is 0. The summed E-state index contributed by atoms with van der Waals surface area (Å²) in [4.78, 5) is 15.8. The van der Waals surface area contributed by atoms with Gasteiger partial charge in [-0.25, -0.2) is 15.0 Å². The number of hydrogen-bond acceptors (Lipinski definition) is 4. The molecule has 2 heterocycles. The number of fused-ring (bicyclic) bond motifs is 11. The van der Waals surface area contributed by atoms with E-state index in [1.54, 1.807) is 0 Å². The molecule has 4 nitrogen and oxygen atoms in total. The van der Waals surface area contributed by atoms with Gasteiger partial charge in [-0.2, -0.15) is 0 Å². The molecule has 0 aliphatic heterocycles. The number of rotatable bonds is 5. The van der Waals surface area contributed by atoms with Crippen LogP contribution in [-0.4, -0.2) is 15.0 Å². The molecule has 0 saturated heterocycles. The quantitative estimate of drug-likeness (QED) is 0.173. The molecule has 1 atom stereocenters. The number of para-hydroxylation sites is 1. The van der Waals surface area contributed by atoms with Crippen molar-refractivity contribution in [3.63, 3.8) is 0 Å². The molecule has 4 aliphatic carbocycles. The standard InChI is InChI=1S/C63H43N3O/c1-3-4-21-47-46-24-10-14-30-53(46)63(51-28-12-8-22-44(51)45-23-9-13-29-52(45)63)58(47)54-38-37-48(50-27-16-17-39-62(50,54)2)61-65-59(41-19-6-5-7-20-41)64-60(66-61)42-35-33-40(34-36-42)43-26-18-32-56-57(43)49-25-11-15-31-55(49)67-56/h3-39H,1-2H3/b4-3-,47-21+,58-54+. The van der Waals surface area contributed by atoms with Crippen molar-refractivity contribution in [1.29, 1.82) is 0 Å². The molecule has 0 N–H and O–H groups in total. The summed E-state index contributed by atoms with van der Waals surface area (Å²) >= 11 is 0. The lowest BCUT2D eigenvalue weighted by Crippen LogP contribution is -2.32. The van der Waals surface area contributed by atoms with Crippen molar-refractivity contribution in [2.75, 3.05) is 0 Å². The van der Waals surface area contributed by atoms with Crippen molar-refractivity contribution < 1.29 is 4.42 Å². The van der Waals surface area contributed by atoms with Gasteiger partial charge in [-0.15, -0.1) is 0 Å². The highest BCUT2D eigenvalue weighted by Gasteiger charge is 2.55. The summed E-state index contributed by atoms with van der Waals surface area (Å²) in [6, 6.07) is 60.4. The first-order valence-corrected chi connectivity index (χ1v) is 23.1. The number of nitrogens with zero attached hydrogens (tertiary/aromatic N) is 3. The highest BCUT2D eigenvalue weighted by molar-refractivity contribution is 6.12. The lowest BCUT2D eigenvalue weighted by Gasteiger charge is -2.41. The second-order valence-electron chi connectivity index (χ2n) is 17.9. The molecule has 9 aromatic rings. The molecule has 4 heteroatoms. The zero-order chi connectivity index (χ0) is 44.7. The van der Waals surface area contributed by atoms with Crippen LogP contribution >= 0.6 is 0 Å². The van der Waals surface area contributed by atoms with E-state index in [-0.39, 0.29) is 0 Å². The van der Waals surface area contributed by atoms with Crippen LogP contribution < -0.4 is 0 Å². The Morgan fingerprint density at radius 2 is 1.06 bits per heavy atom. The summed E-state index contributed by atoms with van der Waals surface area (Å²) in [5.74, 6) is 1.88. The van der Waals surface area contributed by atoms with E-state index < -0.39 is 10.8 Å². The van der Waals surface area contributed by atoms with E-state index >= 15 is 0 Å². The zero-order valence-electron chi connectivity index (χ0n) is 37.1. The molecule has 1 unspecified atom stereocenters. The van der Waals surface area contributed by atoms with Gasteiger partial charge in [0.2, 0.25) is 0 Å². The molecule has 67 heavy (non-hydrogen) atoms. The van der Waals surface area contributed by atoms with Gasteiger partial charge in [0.05, 0.1) is 5.41 Å². The highest BCUT2D eigenvalue weighted by Crippen LogP contribution is 2.66. The molecule has 0 saturated carbocycles. The molecule has 1 spiro atoms. The maximum absolute atomic E-state index is 6.25. The van der Waals surface area contributed by atoms with Gasteiger partial charge < -0.3 is 4.42 Å². The second kappa shape index (κ2) is 15.0. The summed E-state index contributed by atoms with van der Waals surface area (Å²) in [6.45, 7) is 4.46. The molecule has 4 aliphatic rings. The lowest BCUT2D eigenvalue weighted by atomic mass is 9.61. The Morgan fingerprint density at radius 1 is 0.478 bits per heavy atom. The molecule has 0 bridgehead atoms. The molecule has 0 amide bonds. The van der Waals surface area contributed by atoms with Gasteiger partial charge in [-0.05, 0) is 92.8 Å². The number of benzene rings is 7. The molecule has 2 aromatic heterocycles. The highest BCUT2D eigenvalue weighted by atomic mass is 16.3. The van der Waals surface area contributed by atoms with Gasteiger partial charge in [0.25, 0.3) is 0 Å². The molecule has 0 radical (unpaired) electrons. The first-order chi connectivity index (χ1) is 33.1. The third kappa shape index (κ3) is 5.69. The van der Waals surface area contributed by atoms with E-state index in [4.69, 9.17) is 19.4 Å². The Kier molecular flexibility index (Phi) is 8.75. The largest absolute Gasteiger partial charge is 0.456 e. The Labute approximate surface area is 389 Å². The minimum Gasteiger partial charge on any atom is -0.456 e. The van der Waals surface area contributed by atoms with E-state index in [0.29, 0.717) is 17.5 Å². The van der Waals surface area contributed by atoms with Crippen molar-refractivity contribution in [2.45, 2.75) is 19.3 Å². The molecular weight excluding hydrogens is 815 g/mol. The fourth-order valence-electron chi connectivity index (χ4n) is 11.4. The SMILES string of the molecule is C\C=C/C=C1/C(=C2/C=CC(c3nc(-c4ccccc4)nc(-c4ccc(-c5cccc6oc7ccccc7c56)cc4)n3)=C3C=CC=CC32C)C2(c3ccccc31)c1ccccc1-c1ccccc12. The zero-order valence-corrected chi connectivity index (χ0v) is 37.1. The van der Waals surface area contributed by atoms with E-state index in [2.05, 4.69) is 202 Å². The van der Waals surface area contributed by atoms with Crippen LogP contribution in [0.3, 0.4) is 0 Å². The topological polar surface area (TPSA) is 51.8 Å². The number of furan rings is 1. The lowest BCUT2D eigenvalue weighted by molar-refractivity contribution is 0.620. The fraction of sp³-hybridized carbons (Fsp3) is 0.0635. The predicted molar refractivity (Wildman–Crippen MR) is 274 cm³/mol. The van der Waals surface area contributed by atoms with Crippen LogP contribution in [0.25, 0.3) is 78.1 Å². The Bertz CT molecular complexity index is 3710. The third-order valence-corrected chi connectivity index (χ3v) is 14.3. The van der Waals surface area contributed by atoms with Gasteiger partial charge in [-0.3, -0.25) is 0 Å². The van der Waals surface area contributed by atoms with Crippen molar-refractivity contribution in [3.05, 3.63) is 269 Å². The number of aromatic nitrogens is 3. The smallest absolute Gasteiger partial charge is 0.164 e. The van der Waals surface area contributed by atoms with Crippen LogP contribution in [0.4, 0.5) is 0 Å². The number of allylic oxidation sites excluding steroid dienone is 14. The van der Waals surface area contributed by atoms with Gasteiger partial charge in [0, 0.05) is 32.9 Å². The summed E-state index contributed by atoms with van der Waals surface area (Å²) in [7, 11) is 0. The normalized spacial score (nSPS) is 19.2. The Balaban J connectivity index is 1.01. The molecule has 13 rings (SSSR count). The fourth-order valence-corrected chi connectivity index (χ4v) is 11.4. The summed E-state index contributed by atoms with van der Waals surface area (Å²) in [5, 5.41) is 2.22. The van der Waals surface area contributed by atoms with E-state index in [0.717, 1.165) is 55.3 Å². The minimum atomic E-state index is -0.551. The van der Waals surface area contributed by atoms with Crippen LogP contribution in [0.15, 0.2) is 246 Å². The predicted octanol–water partition coefficient (Wildman–Crippen LogP) is 15.5. The van der Waals surface area contributed by atoms with Crippen LogP contribution in [0, 0.1) is 5.41 Å². The van der Waals surface area contributed by atoms with Crippen molar-refractivity contribution in [2.24, 2.45) is 5.41 Å². The van der Waals surface area contributed by atoms with Crippen LogP contribution in [0.1, 0.15) is 41.9 Å². The molecule has 7 aromatic carbocycles. The van der Waals surface area contributed by atoms with Gasteiger partial charge in [0.15, 0.2) is 17.5 Å². The molecule has 0 fully saturated rings. The average molecular weight is 858 g/mol. The Morgan fingerprint density at radius 3 is 1.79 bits per heavy atom. The minimum absolute atomic E-state index is 0.541. The molecular formula is C63H43N3O. The molecule has 316 valence electrons. The van der Waals surface area contributed by atoms with E-state index in [1.807, 2.05) is 36.4 Å². The third-order valence-electron chi connectivity index (χ3n) is 14.3. The maximum atomic E-state index is 6.25. The van der Waals surface area contributed by atoms with Crippen molar-refractivity contribution in [3.8, 4) is 45.0 Å². The van der Waals surface area contributed by atoms with Crippen molar-refractivity contribution >= 4 is 33.1 Å². The maximum Gasteiger partial charge on any atom is 0.164 e.